The molecule has 2 rings (SSSR count). The number of hydrogen-bond acceptors (Lipinski definition) is 1. The van der Waals surface area contributed by atoms with Crippen molar-refractivity contribution in [2.24, 2.45) is 17.8 Å². The van der Waals surface area contributed by atoms with Gasteiger partial charge in [-0.15, -0.1) is 0 Å². The molecule has 0 saturated heterocycles. The van der Waals surface area contributed by atoms with Gasteiger partial charge in [-0.3, -0.25) is 0 Å². The van der Waals surface area contributed by atoms with Crippen molar-refractivity contribution < 1.29 is 18.7 Å². The van der Waals surface area contributed by atoms with Crippen LogP contribution in [0.1, 0.15) is 57.1 Å². The summed E-state index contributed by atoms with van der Waals surface area (Å²) in [5.41, 5.74) is 0.231. The van der Waals surface area contributed by atoms with Crippen molar-refractivity contribution >= 4 is 11.5 Å². The van der Waals surface area contributed by atoms with Crippen molar-refractivity contribution in [1.82, 2.24) is 0 Å². The average molecular weight is 322 g/mol. The van der Waals surface area contributed by atoms with E-state index in [0.717, 1.165) is 25.3 Å². The van der Waals surface area contributed by atoms with Crippen molar-refractivity contribution in [3.05, 3.63) is 41.5 Å². The van der Waals surface area contributed by atoms with E-state index in [2.05, 4.69) is 27.4 Å². The molecule has 1 saturated carbocycles. The lowest BCUT2D eigenvalue weighted by Crippen LogP contribution is -2.27. The Morgan fingerprint density at radius 1 is 1.30 bits per heavy atom. The van der Waals surface area contributed by atoms with E-state index in [1.54, 1.807) is 0 Å². The largest absolute Gasteiger partial charge is 0.478 e. The monoisotopic (exact) mass is 322 g/mol. The Morgan fingerprint density at radius 3 is 2.52 bits per heavy atom. The van der Waals surface area contributed by atoms with Gasteiger partial charge in [-0.05, 0) is 59.8 Å². The van der Waals surface area contributed by atoms with E-state index in [4.69, 9.17) is 5.11 Å². The van der Waals surface area contributed by atoms with Crippen molar-refractivity contribution in [1.29, 1.82) is 0 Å². The Bertz CT molecular complexity index is 622. The highest BCUT2D eigenvalue weighted by atomic mass is 19.2. The fourth-order valence-electron chi connectivity index (χ4n) is 3.74. The zero-order valence-corrected chi connectivity index (χ0v) is 13.9. The SMILES string of the molecule is C=C(C(=O)O)c1cc(F)c(F)c([C@@H]2C[C@H](C)CC[C@H]2C(C)C)c1. The highest BCUT2D eigenvalue weighted by Crippen LogP contribution is 2.45. The molecule has 1 aliphatic rings. The Kier molecular flexibility index (Phi) is 5.23. The molecule has 0 unspecified atom stereocenters. The highest BCUT2D eigenvalue weighted by Gasteiger charge is 2.34. The maximum absolute atomic E-state index is 14.4. The summed E-state index contributed by atoms with van der Waals surface area (Å²) in [6, 6.07) is 2.40. The zero-order chi connectivity index (χ0) is 17.3. The molecule has 0 bridgehead atoms. The molecule has 1 aliphatic carbocycles. The summed E-state index contributed by atoms with van der Waals surface area (Å²) < 4.78 is 28.5. The van der Waals surface area contributed by atoms with Crippen LogP contribution in [0.3, 0.4) is 0 Å². The van der Waals surface area contributed by atoms with Crippen LogP contribution in [0.2, 0.25) is 0 Å². The molecule has 1 aromatic rings. The second-order valence-electron chi connectivity index (χ2n) is 7.08. The Labute approximate surface area is 136 Å². The van der Waals surface area contributed by atoms with E-state index >= 15 is 0 Å². The maximum Gasteiger partial charge on any atom is 0.335 e. The molecule has 0 spiro atoms. The predicted octanol–water partition coefficient (Wildman–Crippen LogP) is 5.24. The standard InChI is InChI=1S/C19H24F2O2/c1-10(2)14-6-5-11(3)7-15(14)16-8-13(12(4)19(22)23)9-17(20)18(16)21/h8-11,14-15H,4-7H2,1-3H3,(H,22,23)/t11-,14+,15-/m1/s1. The van der Waals surface area contributed by atoms with E-state index in [1.165, 1.54) is 6.07 Å². The van der Waals surface area contributed by atoms with E-state index in [1.807, 2.05) is 0 Å². The van der Waals surface area contributed by atoms with Gasteiger partial charge in [-0.25, -0.2) is 13.6 Å². The number of aliphatic carboxylic acids is 1. The number of carbonyl (C=O) groups is 1. The average Bonchev–Trinajstić information content (AvgIpc) is 2.48. The van der Waals surface area contributed by atoms with Crippen LogP contribution >= 0.6 is 0 Å². The first-order valence-corrected chi connectivity index (χ1v) is 8.13. The summed E-state index contributed by atoms with van der Waals surface area (Å²) in [6.07, 6.45) is 2.86. The van der Waals surface area contributed by atoms with Crippen molar-refractivity contribution in [2.45, 2.75) is 46.0 Å². The van der Waals surface area contributed by atoms with Crippen LogP contribution in [0.25, 0.3) is 5.57 Å². The summed E-state index contributed by atoms with van der Waals surface area (Å²) in [7, 11) is 0. The van der Waals surface area contributed by atoms with Gasteiger partial charge in [0.2, 0.25) is 0 Å². The Hall–Kier alpha value is -1.71. The molecule has 126 valence electrons. The second kappa shape index (κ2) is 6.81. The molecule has 0 radical (unpaired) electrons. The first kappa shape index (κ1) is 17.6. The first-order valence-electron chi connectivity index (χ1n) is 8.13. The zero-order valence-electron chi connectivity index (χ0n) is 13.9. The first-order chi connectivity index (χ1) is 10.7. The third-order valence-corrected chi connectivity index (χ3v) is 5.08. The van der Waals surface area contributed by atoms with E-state index < -0.39 is 17.6 Å². The van der Waals surface area contributed by atoms with Gasteiger partial charge in [-0.1, -0.05) is 33.8 Å². The Balaban J connectivity index is 2.51. The van der Waals surface area contributed by atoms with Gasteiger partial charge >= 0.3 is 5.97 Å². The second-order valence-corrected chi connectivity index (χ2v) is 7.08. The molecule has 23 heavy (non-hydrogen) atoms. The third-order valence-electron chi connectivity index (χ3n) is 5.08. The molecule has 0 heterocycles. The molecule has 1 N–H and O–H groups in total. The highest BCUT2D eigenvalue weighted by molar-refractivity contribution is 6.14. The minimum atomic E-state index is -1.22. The van der Waals surface area contributed by atoms with Crippen molar-refractivity contribution in [2.75, 3.05) is 0 Å². The molecular formula is C19H24F2O2. The lowest BCUT2D eigenvalue weighted by molar-refractivity contribution is -0.130. The van der Waals surface area contributed by atoms with Gasteiger partial charge in [0.05, 0.1) is 5.57 Å². The van der Waals surface area contributed by atoms with Crippen LogP contribution in [-0.2, 0) is 4.79 Å². The third kappa shape index (κ3) is 3.62. The summed E-state index contributed by atoms with van der Waals surface area (Å²) in [5, 5.41) is 9.06. The topological polar surface area (TPSA) is 37.3 Å². The Morgan fingerprint density at radius 2 is 1.96 bits per heavy atom. The smallest absolute Gasteiger partial charge is 0.335 e. The summed E-state index contributed by atoms with van der Waals surface area (Å²) in [4.78, 5) is 11.1. The normalized spacial score (nSPS) is 24.7. The molecule has 0 amide bonds. The van der Waals surface area contributed by atoms with E-state index in [9.17, 15) is 13.6 Å². The molecule has 2 nitrogen and oxygen atoms in total. The van der Waals surface area contributed by atoms with E-state index in [0.29, 0.717) is 17.4 Å². The minimum absolute atomic E-state index is 0.0882. The van der Waals surface area contributed by atoms with E-state index in [-0.39, 0.29) is 23.0 Å². The molecule has 0 aromatic heterocycles. The number of rotatable bonds is 4. The van der Waals surface area contributed by atoms with Crippen LogP contribution in [0.5, 0.6) is 0 Å². The van der Waals surface area contributed by atoms with Crippen LogP contribution in [0, 0.1) is 29.4 Å². The van der Waals surface area contributed by atoms with Crippen LogP contribution in [0.4, 0.5) is 8.78 Å². The van der Waals surface area contributed by atoms with Gasteiger partial charge in [0.1, 0.15) is 0 Å². The fourth-order valence-corrected chi connectivity index (χ4v) is 3.74. The number of halogens is 2. The number of carboxylic acid groups (broad SMARTS) is 1. The van der Waals surface area contributed by atoms with Crippen LogP contribution < -0.4 is 0 Å². The molecule has 1 fully saturated rings. The van der Waals surface area contributed by atoms with Gasteiger partial charge < -0.3 is 5.11 Å². The van der Waals surface area contributed by atoms with Crippen molar-refractivity contribution in [3.63, 3.8) is 0 Å². The maximum atomic E-state index is 14.4. The lowest BCUT2D eigenvalue weighted by atomic mass is 9.67. The van der Waals surface area contributed by atoms with Crippen molar-refractivity contribution in [3.8, 4) is 0 Å². The molecular weight excluding hydrogens is 298 g/mol. The number of carboxylic acids is 1. The lowest BCUT2D eigenvalue weighted by Gasteiger charge is -2.38. The molecule has 0 aliphatic heterocycles. The van der Waals surface area contributed by atoms with Gasteiger partial charge in [0.25, 0.3) is 0 Å². The summed E-state index contributed by atoms with van der Waals surface area (Å²) >= 11 is 0. The van der Waals surface area contributed by atoms with Gasteiger partial charge in [-0.2, -0.15) is 0 Å². The fraction of sp³-hybridized carbons (Fsp3) is 0.526. The minimum Gasteiger partial charge on any atom is -0.478 e. The molecule has 3 atom stereocenters. The number of hydrogen-bond donors (Lipinski definition) is 1. The van der Waals surface area contributed by atoms with Crippen LogP contribution in [0.15, 0.2) is 18.7 Å². The number of benzene rings is 1. The summed E-state index contributed by atoms with van der Waals surface area (Å²) in [6.45, 7) is 9.78. The predicted molar refractivity (Wildman–Crippen MR) is 87.1 cm³/mol. The quantitative estimate of drug-likeness (QED) is 0.770. The van der Waals surface area contributed by atoms with Gasteiger partial charge in [0, 0.05) is 0 Å². The van der Waals surface area contributed by atoms with Crippen LogP contribution in [-0.4, -0.2) is 11.1 Å². The molecule has 4 heteroatoms. The molecule has 1 aromatic carbocycles. The summed E-state index contributed by atoms with van der Waals surface area (Å²) in [5.74, 6) is -2.08. The van der Waals surface area contributed by atoms with Gasteiger partial charge in [0.15, 0.2) is 11.6 Å².